The second kappa shape index (κ2) is 8.33. The lowest BCUT2D eigenvalue weighted by Crippen LogP contribution is -2.23. The van der Waals surface area contributed by atoms with Crippen LogP contribution in [-0.4, -0.2) is 18.4 Å². The van der Waals surface area contributed by atoms with E-state index in [4.69, 9.17) is 14.2 Å². The first-order valence-corrected chi connectivity index (χ1v) is 9.48. The molecule has 0 aliphatic carbocycles. The molecular weight excluding hydrogens is 522 g/mol. The average molecular weight is 546 g/mol. The van der Waals surface area contributed by atoms with Gasteiger partial charge in [-0.25, -0.2) is 0 Å². The van der Waals surface area contributed by atoms with Crippen LogP contribution in [0.25, 0.3) is 0 Å². The van der Waals surface area contributed by atoms with E-state index in [0.29, 0.717) is 0 Å². The molecule has 0 aliphatic heterocycles. The molecule has 0 aromatic heterocycles. The van der Waals surface area contributed by atoms with Gasteiger partial charge < -0.3 is 14.2 Å². The predicted octanol–water partition coefficient (Wildman–Crippen LogP) is 5.14. The molecule has 1 rings (SSSR count). The molecule has 0 N–H and O–H groups in total. The standard InChI is InChI=1S/C17H24I2O4/c1-16(2,3)15(20)21-9-11-7-12(18)14(13(19)8-11)22-10-23-17(4,5)6/h7-8H,9-10H2,1-6H3. The summed E-state index contributed by atoms with van der Waals surface area (Å²) in [4.78, 5) is 11.8. The van der Waals surface area contributed by atoms with Gasteiger partial charge in [0.15, 0.2) is 6.79 Å². The highest BCUT2D eigenvalue weighted by atomic mass is 127. The van der Waals surface area contributed by atoms with Gasteiger partial charge in [0.25, 0.3) is 0 Å². The molecule has 1 aromatic carbocycles. The lowest BCUT2D eigenvalue weighted by molar-refractivity contribution is -0.154. The van der Waals surface area contributed by atoms with Crippen LogP contribution in [0.3, 0.4) is 0 Å². The van der Waals surface area contributed by atoms with Crippen molar-refractivity contribution in [3.8, 4) is 5.75 Å². The van der Waals surface area contributed by atoms with Gasteiger partial charge in [0, 0.05) is 0 Å². The normalized spacial score (nSPS) is 12.2. The van der Waals surface area contributed by atoms with E-state index in [-0.39, 0.29) is 25.0 Å². The molecule has 23 heavy (non-hydrogen) atoms. The molecule has 0 fully saturated rings. The van der Waals surface area contributed by atoms with Crippen LogP contribution in [0.2, 0.25) is 0 Å². The SMILES string of the molecule is CC(C)(C)OCOc1c(I)cc(COC(=O)C(C)(C)C)cc1I. The summed E-state index contributed by atoms with van der Waals surface area (Å²) in [6.45, 7) is 11.9. The van der Waals surface area contributed by atoms with Gasteiger partial charge in [-0.15, -0.1) is 0 Å². The van der Waals surface area contributed by atoms with Crippen molar-refractivity contribution in [2.45, 2.75) is 53.8 Å². The van der Waals surface area contributed by atoms with Gasteiger partial charge in [-0.3, -0.25) is 4.79 Å². The number of benzene rings is 1. The Labute approximate surface area is 165 Å². The number of halogens is 2. The maximum atomic E-state index is 11.8. The third-order valence-electron chi connectivity index (χ3n) is 2.74. The van der Waals surface area contributed by atoms with E-state index < -0.39 is 5.41 Å². The molecule has 0 bridgehead atoms. The molecule has 130 valence electrons. The van der Waals surface area contributed by atoms with Crippen molar-refractivity contribution in [1.29, 1.82) is 0 Å². The number of hydrogen-bond acceptors (Lipinski definition) is 4. The third kappa shape index (κ3) is 7.55. The Hall–Kier alpha value is -0.0900. The van der Waals surface area contributed by atoms with Crippen LogP contribution in [-0.2, 0) is 20.9 Å². The molecule has 6 heteroatoms. The lowest BCUT2D eigenvalue weighted by atomic mass is 9.97. The fourth-order valence-electron chi connectivity index (χ4n) is 1.46. The van der Waals surface area contributed by atoms with Crippen LogP contribution in [0.5, 0.6) is 5.75 Å². The maximum absolute atomic E-state index is 11.8. The molecule has 0 atom stereocenters. The zero-order valence-electron chi connectivity index (χ0n) is 14.5. The Morgan fingerprint density at radius 2 is 1.57 bits per heavy atom. The second-order valence-electron chi connectivity index (χ2n) is 7.23. The Morgan fingerprint density at radius 3 is 2.00 bits per heavy atom. The van der Waals surface area contributed by atoms with Crippen LogP contribution in [0.1, 0.15) is 47.1 Å². The van der Waals surface area contributed by atoms with E-state index in [1.807, 2.05) is 53.7 Å². The van der Waals surface area contributed by atoms with Crippen LogP contribution < -0.4 is 4.74 Å². The minimum Gasteiger partial charge on any atom is -0.465 e. The Bertz CT molecular complexity index is 534. The summed E-state index contributed by atoms with van der Waals surface area (Å²) in [6.07, 6.45) is 0. The van der Waals surface area contributed by atoms with E-state index in [2.05, 4.69) is 45.2 Å². The third-order valence-corrected chi connectivity index (χ3v) is 4.34. The van der Waals surface area contributed by atoms with Gasteiger partial charge in [-0.05, 0) is 104 Å². The summed E-state index contributed by atoms with van der Waals surface area (Å²) >= 11 is 4.44. The summed E-state index contributed by atoms with van der Waals surface area (Å²) in [5.74, 6) is 0.586. The van der Waals surface area contributed by atoms with Crippen molar-refractivity contribution in [3.63, 3.8) is 0 Å². The van der Waals surface area contributed by atoms with E-state index in [1.54, 1.807) is 0 Å². The van der Waals surface area contributed by atoms with Gasteiger partial charge in [0.2, 0.25) is 0 Å². The van der Waals surface area contributed by atoms with Crippen molar-refractivity contribution < 1.29 is 19.0 Å². The first-order chi connectivity index (χ1) is 10.4. The number of esters is 1. The monoisotopic (exact) mass is 546 g/mol. The van der Waals surface area contributed by atoms with Crippen LogP contribution in [0, 0.1) is 12.6 Å². The highest BCUT2D eigenvalue weighted by Gasteiger charge is 2.23. The van der Waals surface area contributed by atoms with Crippen molar-refractivity contribution in [1.82, 2.24) is 0 Å². The number of carbonyl (C=O) groups excluding carboxylic acids is 1. The van der Waals surface area contributed by atoms with Crippen LogP contribution in [0.15, 0.2) is 12.1 Å². The summed E-state index contributed by atoms with van der Waals surface area (Å²) in [5.41, 5.74) is 0.214. The highest BCUT2D eigenvalue weighted by molar-refractivity contribution is 14.1. The molecule has 1 aromatic rings. The summed E-state index contributed by atoms with van der Waals surface area (Å²) in [6, 6.07) is 3.93. The molecule has 0 aliphatic rings. The van der Waals surface area contributed by atoms with Gasteiger partial charge >= 0.3 is 5.97 Å². The average Bonchev–Trinajstić information content (AvgIpc) is 2.36. The van der Waals surface area contributed by atoms with Crippen LogP contribution in [0.4, 0.5) is 0 Å². The lowest BCUT2D eigenvalue weighted by Gasteiger charge is -2.21. The fourth-order valence-corrected chi connectivity index (χ4v) is 3.67. The molecule has 0 unspecified atom stereocenters. The first-order valence-electron chi connectivity index (χ1n) is 7.32. The largest absolute Gasteiger partial charge is 0.465 e. The van der Waals surface area contributed by atoms with E-state index in [1.165, 1.54) is 0 Å². The molecule has 0 radical (unpaired) electrons. The van der Waals surface area contributed by atoms with Crippen molar-refractivity contribution >= 4 is 51.2 Å². The molecular formula is C17H24I2O4. The minimum atomic E-state index is -0.492. The smallest absolute Gasteiger partial charge is 0.311 e. The van der Waals surface area contributed by atoms with E-state index >= 15 is 0 Å². The van der Waals surface area contributed by atoms with Crippen molar-refractivity contribution in [2.75, 3.05) is 6.79 Å². The number of carbonyl (C=O) groups is 1. The fraction of sp³-hybridized carbons (Fsp3) is 0.588. The summed E-state index contributed by atoms with van der Waals surface area (Å²) in [5, 5.41) is 0. The summed E-state index contributed by atoms with van der Waals surface area (Å²) < 4.78 is 18.6. The number of ether oxygens (including phenoxy) is 3. The van der Waals surface area contributed by atoms with Gasteiger partial charge in [0.1, 0.15) is 12.4 Å². The van der Waals surface area contributed by atoms with E-state index in [0.717, 1.165) is 18.5 Å². The molecule has 0 spiro atoms. The quantitative estimate of drug-likeness (QED) is 0.292. The summed E-state index contributed by atoms with van der Waals surface area (Å²) in [7, 11) is 0. The second-order valence-corrected chi connectivity index (χ2v) is 9.56. The Morgan fingerprint density at radius 1 is 1.04 bits per heavy atom. The predicted molar refractivity (Wildman–Crippen MR) is 107 cm³/mol. The Balaban J connectivity index is 2.72. The van der Waals surface area contributed by atoms with Gasteiger partial charge in [-0.2, -0.15) is 0 Å². The Kier molecular flexibility index (Phi) is 7.59. The molecule has 0 amide bonds. The molecule has 4 nitrogen and oxygen atoms in total. The van der Waals surface area contributed by atoms with E-state index in [9.17, 15) is 4.79 Å². The zero-order chi connectivity index (χ0) is 17.8. The first kappa shape index (κ1) is 21.0. The van der Waals surface area contributed by atoms with Crippen molar-refractivity contribution in [3.05, 3.63) is 24.8 Å². The zero-order valence-corrected chi connectivity index (χ0v) is 18.8. The minimum absolute atomic E-state index is 0.202. The highest BCUT2D eigenvalue weighted by Crippen LogP contribution is 2.30. The molecule has 0 heterocycles. The van der Waals surface area contributed by atoms with Crippen molar-refractivity contribution in [2.24, 2.45) is 5.41 Å². The topological polar surface area (TPSA) is 44.8 Å². The number of hydrogen-bond donors (Lipinski definition) is 0. The number of rotatable bonds is 5. The molecule has 0 saturated heterocycles. The van der Waals surface area contributed by atoms with Crippen LogP contribution >= 0.6 is 45.2 Å². The molecule has 0 saturated carbocycles. The maximum Gasteiger partial charge on any atom is 0.311 e. The van der Waals surface area contributed by atoms with Gasteiger partial charge in [-0.1, -0.05) is 0 Å². The van der Waals surface area contributed by atoms with Gasteiger partial charge in [0.05, 0.1) is 18.2 Å².